The summed E-state index contributed by atoms with van der Waals surface area (Å²) >= 11 is 0. The third kappa shape index (κ3) is 2.78. The van der Waals surface area contributed by atoms with E-state index in [9.17, 15) is 4.79 Å². The second-order valence-electron chi connectivity index (χ2n) is 6.22. The van der Waals surface area contributed by atoms with E-state index in [1.165, 1.54) is 0 Å². The van der Waals surface area contributed by atoms with Gasteiger partial charge in [0.2, 0.25) is 0 Å². The quantitative estimate of drug-likeness (QED) is 0.730. The lowest BCUT2D eigenvalue weighted by atomic mass is 10.0. The minimum atomic E-state index is -0.00348. The fraction of sp³-hybridized carbons (Fsp3) is 0.200. The molecule has 0 aliphatic carbocycles. The number of hydrogen-bond acceptors (Lipinski definition) is 4. The monoisotopic (exact) mass is 333 g/mol. The van der Waals surface area contributed by atoms with Gasteiger partial charge in [-0.25, -0.2) is 4.98 Å². The van der Waals surface area contributed by atoms with E-state index < -0.39 is 0 Å². The molecule has 0 amide bonds. The van der Waals surface area contributed by atoms with Gasteiger partial charge in [0.05, 0.1) is 18.0 Å². The first-order valence-corrected chi connectivity index (χ1v) is 8.31. The molecule has 0 radical (unpaired) electrons. The summed E-state index contributed by atoms with van der Waals surface area (Å²) in [5, 5.41) is 0.612. The number of fused-ring (bicyclic) bond motifs is 2. The SMILES string of the molecule is COc1cccc(/C=C2\CCCn3c2nc2cc(N)ccc2c3=O)c1. The van der Waals surface area contributed by atoms with Crippen LogP contribution in [-0.2, 0) is 6.54 Å². The van der Waals surface area contributed by atoms with Crippen LogP contribution in [0.3, 0.4) is 0 Å². The average Bonchev–Trinajstić information content (AvgIpc) is 2.62. The lowest BCUT2D eigenvalue weighted by Crippen LogP contribution is -2.27. The number of nitrogens with two attached hydrogens (primary N) is 1. The lowest BCUT2D eigenvalue weighted by molar-refractivity contribution is 0.414. The Bertz CT molecular complexity index is 1050. The van der Waals surface area contributed by atoms with Gasteiger partial charge >= 0.3 is 0 Å². The molecule has 4 rings (SSSR count). The van der Waals surface area contributed by atoms with Crippen molar-refractivity contribution in [2.24, 2.45) is 0 Å². The maximum atomic E-state index is 12.8. The Hall–Kier alpha value is -3.08. The highest BCUT2D eigenvalue weighted by molar-refractivity contribution is 5.85. The second-order valence-corrected chi connectivity index (χ2v) is 6.22. The number of benzene rings is 2. The van der Waals surface area contributed by atoms with Crippen molar-refractivity contribution < 1.29 is 4.74 Å². The summed E-state index contributed by atoms with van der Waals surface area (Å²) in [4.78, 5) is 17.6. The van der Waals surface area contributed by atoms with Gasteiger partial charge in [-0.15, -0.1) is 0 Å². The van der Waals surface area contributed by atoms with Crippen molar-refractivity contribution >= 4 is 28.2 Å². The van der Waals surface area contributed by atoms with Crippen LogP contribution in [0.2, 0.25) is 0 Å². The molecule has 2 aromatic carbocycles. The van der Waals surface area contributed by atoms with Crippen LogP contribution >= 0.6 is 0 Å². The van der Waals surface area contributed by atoms with Gasteiger partial charge in [0.15, 0.2) is 0 Å². The zero-order valence-corrected chi connectivity index (χ0v) is 14.0. The minimum absolute atomic E-state index is 0.00348. The maximum absolute atomic E-state index is 12.8. The number of allylic oxidation sites excluding steroid dienone is 1. The molecule has 2 heterocycles. The number of rotatable bonds is 2. The van der Waals surface area contributed by atoms with Crippen molar-refractivity contribution in [1.82, 2.24) is 9.55 Å². The zero-order valence-electron chi connectivity index (χ0n) is 14.0. The zero-order chi connectivity index (χ0) is 17.4. The van der Waals surface area contributed by atoms with Crippen LogP contribution in [0, 0.1) is 0 Å². The van der Waals surface area contributed by atoms with E-state index in [-0.39, 0.29) is 5.56 Å². The van der Waals surface area contributed by atoms with E-state index in [2.05, 4.69) is 6.08 Å². The van der Waals surface area contributed by atoms with Crippen LogP contribution in [-0.4, -0.2) is 16.7 Å². The molecular weight excluding hydrogens is 314 g/mol. The van der Waals surface area contributed by atoms with Gasteiger partial charge in [0.25, 0.3) is 5.56 Å². The van der Waals surface area contributed by atoms with Crippen LogP contribution in [0.1, 0.15) is 24.2 Å². The van der Waals surface area contributed by atoms with E-state index in [0.717, 1.165) is 35.6 Å². The van der Waals surface area contributed by atoms with Crippen LogP contribution in [0.25, 0.3) is 22.6 Å². The number of ether oxygens (including phenoxy) is 1. The van der Waals surface area contributed by atoms with Crippen molar-refractivity contribution in [3.8, 4) is 5.75 Å². The van der Waals surface area contributed by atoms with Crippen molar-refractivity contribution in [3.05, 3.63) is 64.2 Å². The van der Waals surface area contributed by atoms with Crippen molar-refractivity contribution in [3.63, 3.8) is 0 Å². The van der Waals surface area contributed by atoms with Crippen LogP contribution in [0.15, 0.2) is 47.3 Å². The number of aromatic nitrogens is 2. The molecule has 2 N–H and O–H groups in total. The molecule has 0 fully saturated rings. The van der Waals surface area contributed by atoms with Crippen LogP contribution in [0.4, 0.5) is 5.69 Å². The molecule has 0 saturated heterocycles. The fourth-order valence-corrected chi connectivity index (χ4v) is 3.30. The Morgan fingerprint density at radius 1 is 1.24 bits per heavy atom. The first kappa shape index (κ1) is 15.4. The molecule has 0 atom stereocenters. The number of anilines is 1. The van der Waals surface area contributed by atoms with Crippen molar-refractivity contribution in [2.75, 3.05) is 12.8 Å². The van der Waals surface area contributed by atoms with Gasteiger partial charge in [-0.2, -0.15) is 0 Å². The van der Waals surface area contributed by atoms with Gasteiger partial charge in [0, 0.05) is 12.2 Å². The summed E-state index contributed by atoms with van der Waals surface area (Å²) in [6.45, 7) is 0.691. The summed E-state index contributed by atoms with van der Waals surface area (Å²) < 4.78 is 7.06. The van der Waals surface area contributed by atoms with E-state index in [1.807, 2.05) is 24.3 Å². The highest BCUT2D eigenvalue weighted by Crippen LogP contribution is 2.28. The van der Waals surface area contributed by atoms with Crippen LogP contribution in [0.5, 0.6) is 5.75 Å². The van der Waals surface area contributed by atoms with Crippen molar-refractivity contribution in [2.45, 2.75) is 19.4 Å². The predicted octanol–water partition coefficient (Wildman–Crippen LogP) is 3.32. The molecule has 5 nitrogen and oxygen atoms in total. The Morgan fingerprint density at radius 3 is 2.96 bits per heavy atom. The molecule has 0 bridgehead atoms. The second kappa shape index (κ2) is 6.09. The number of hydrogen-bond donors (Lipinski definition) is 1. The molecular formula is C20H19N3O2. The van der Waals surface area contributed by atoms with Gasteiger partial charge < -0.3 is 10.5 Å². The molecule has 1 aliphatic rings. The molecule has 1 aromatic heterocycles. The van der Waals surface area contributed by atoms with Gasteiger partial charge in [-0.05, 0) is 60.4 Å². The highest BCUT2D eigenvalue weighted by Gasteiger charge is 2.19. The molecule has 0 saturated carbocycles. The Morgan fingerprint density at radius 2 is 2.12 bits per heavy atom. The Labute approximate surface area is 145 Å². The first-order valence-electron chi connectivity index (χ1n) is 8.31. The number of nitrogens with zero attached hydrogens (tertiary/aromatic N) is 2. The number of methoxy groups -OCH3 is 1. The smallest absolute Gasteiger partial charge is 0.261 e. The van der Waals surface area contributed by atoms with Gasteiger partial charge in [-0.3, -0.25) is 9.36 Å². The molecule has 0 unspecified atom stereocenters. The van der Waals surface area contributed by atoms with Crippen LogP contribution < -0.4 is 16.0 Å². The molecule has 5 heteroatoms. The first-order chi connectivity index (χ1) is 12.2. The average molecular weight is 333 g/mol. The molecule has 126 valence electrons. The maximum Gasteiger partial charge on any atom is 0.261 e. The van der Waals surface area contributed by atoms with Gasteiger partial charge in [0.1, 0.15) is 11.6 Å². The lowest BCUT2D eigenvalue weighted by Gasteiger charge is -2.21. The largest absolute Gasteiger partial charge is 0.497 e. The van der Waals surface area contributed by atoms with E-state index in [4.69, 9.17) is 15.5 Å². The summed E-state index contributed by atoms with van der Waals surface area (Å²) in [7, 11) is 1.65. The summed E-state index contributed by atoms with van der Waals surface area (Å²) in [5.74, 6) is 1.54. The molecule has 3 aromatic rings. The standard InChI is InChI=1S/C20H19N3O2/c1-25-16-6-2-4-13(11-16)10-14-5-3-9-23-19(14)22-18-12-15(21)7-8-17(18)20(23)24/h2,4,6-8,10-12H,3,5,9,21H2,1H3/b14-10+. The van der Waals surface area contributed by atoms with E-state index in [0.29, 0.717) is 23.1 Å². The van der Waals surface area contributed by atoms with E-state index >= 15 is 0 Å². The summed E-state index contributed by atoms with van der Waals surface area (Å²) in [6.07, 6.45) is 3.89. The van der Waals surface area contributed by atoms with Gasteiger partial charge in [-0.1, -0.05) is 12.1 Å². The fourth-order valence-electron chi connectivity index (χ4n) is 3.30. The summed E-state index contributed by atoms with van der Waals surface area (Å²) in [6, 6.07) is 13.1. The molecule has 1 aliphatic heterocycles. The van der Waals surface area contributed by atoms with E-state index in [1.54, 1.807) is 29.9 Å². The summed E-state index contributed by atoms with van der Waals surface area (Å²) in [5.41, 5.74) is 9.21. The minimum Gasteiger partial charge on any atom is -0.497 e. The Balaban J connectivity index is 1.90. The van der Waals surface area contributed by atoms with Crippen molar-refractivity contribution in [1.29, 1.82) is 0 Å². The molecule has 0 spiro atoms. The topological polar surface area (TPSA) is 70.1 Å². The highest BCUT2D eigenvalue weighted by atomic mass is 16.5. The third-order valence-corrected chi connectivity index (χ3v) is 4.53. The molecule has 25 heavy (non-hydrogen) atoms. The Kier molecular flexibility index (Phi) is 3.76. The normalized spacial score (nSPS) is 15.3. The number of nitrogen functional groups attached to an aromatic ring is 1. The third-order valence-electron chi connectivity index (χ3n) is 4.53. The predicted molar refractivity (Wildman–Crippen MR) is 101 cm³/mol.